The molecule has 2 aliphatic heterocycles. The quantitative estimate of drug-likeness (QED) is 0.485. The zero-order valence-electron chi connectivity index (χ0n) is 19.3. The minimum Gasteiger partial charge on any atom is -0.378 e. The average molecular weight is 555 g/mol. The van der Waals surface area contributed by atoms with Gasteiger partial charge in [0, 0.05) is 32.4 Å². The van der Waals surface area contributed by atoms with E-state index in [1.54, 1.807) is 4.90 Å². The van der Waals surface area contributed by atoms with Crippen LogP contribution in [0.1, 0.15) is 24.3 Å². The van der Waals surface area contributed by atoms with Crippen molar-refractivity contribution in [1.29, 1.82) is 5.26 Å². The first-order valence-corrected chi connectivity index (χ1v) is 13.8. The van der Waals surface area contributed by atoms with Crippen LogP contribution in [-0.2, 0) is 14.8 Å². The third kappa shape index (κ3) is 4.24. The molecule has 1 saturated carbocycles. The fourth-order valence-electron chi connectivity index (χ4n) is 4.75. The molecule has 11 nitrogen and oxygen atoms in total. The summed E-state index contributed by atoms with van der Waals surface area (Å²) in [5.41, 5.74) is -0.992. The standard InChI is InChI=1S/C21H21F3N8O3S2/c22-15-14(37(33,34)29-21(11-25)1-2-21)9-32-13(7-26-18(32)20-28-27-19(36-20)17(23)24)16(15)31-4-3-30-5-6-35-10-12(30)8-31/h7,9,12,17,29H,1-6,8,10H2/t12-/m1/s1. The van der Waals surface area contributed by atoms with Crippen LogP contribution in [0.25, 0.3) is 16.3 Å². The second kappa shape index (κ2) is 8.88. The molecule has 6 rings (SSSR count). The summed E-state index contributed by atoms with van der Waals surface area (Å²) in [4.78, 5) is 7.61. The molecule has 3 aliphatic rings. The van der Waals surface area contributed by atoms with Crippen molar-refractivity contribution in [2.45, 2.75) is 35.7 Å². The van der Waals surface area contributed by atoms with Crippen LogP contribution in [0.3, 0.4) is 0 Å². The zero-order chi connectivity index (χ0) is 25.9. The second-order valence-electron chi connectivity index (χ2n) is 9.25. The molecule has 0 amide bonds. The first kappa shape index (κ1) is 24.5. The summed E-state index contributed by atoms with van der Waals surface area (Å²) in [7, 11) is -4.47. The van der Waals surface area contributed by atoms with Crippen LogP contribution in [0.5, 0.6) is 0 Å². The number of hydrogen-bond donors (Lipinski definition) is 1. The Labute approximate surface area is 213 Å². The number of nitriles is 1. The van der Waals surface area contributed by atoms with E-state index >= 15 is 4.39 Å². The minimum absolute atomic E-state index is 0.00665. The van der Waals surface area contributed by atoms with Crippen molar-refractivity contribution in [3.63, 3.8) is 0 Å². The highest BCUT2D eigenvalue weighted by molar-refractivity contribution is 7.89. The maximum Gasteiger partial charge on any atom is 0.291 e. The van der Waals surface area contributed by atoms with Gasteiger partial charge in [0.15, 0.2) is 21.7 Å². The van der Waals surface area contributed by atoms with Crippen LogP contribution in [0.4, 0.5) is 18.9 Å². The summed E-state index contributed by atoms with van der Waals surface area (Å²) in [6.45, 7) is 3.28. The number of rotatable bonds is 6. The first-order valence-electron chi connectivity index (χ1n) is 11.5. The fourth-order valence-corrected chi connectivity index (χ4v) is 6.90. The summed E-state index contributed by atoms with van der Waals surface area (Å²) in [6, 6.07) is 1.93. The van der Waals surface area contributed by atoms with E-state index < -0.39 is 37.7 Å². The van der Waals surface area contributed by atoms with Gasteiger partial charge in [-0.15, -0.1) is 10.2 Å². The van der Waals surface area contributed by atoms with E-state index in [1.165, 1.54) is 10.6 Å². The molecule has 1 atom stereocenters. The Morgan fingerprint density at radius 2 is 2.08 bits per heavy atom. The van der Waals surface area contributed by atoms with E-state index in [-0.39, 0.29) is 28.1 Å². The number of imidazole rings is 1. The van der Waals surface area contributed by atoms with Crippen molar-refractivity contribution in [3.8, 4) is 16.9 Å². The largest absolute Gasteiger partial charge is 0.378 e. The number of hydrogen-bond acceptors (Lipinski definition) is 10. The molecule has 2 saturated heterocycles. The minimum atomic E-state index is -4.47. The Bertz CT molecular complexity index is 1510. The van der Waals surface area contributed by atoms with Crippen molar-refractivity contribution in [1.82, 2.24) is 29.2 Å². The lowest BCUT2D eigenvalue weighted by molar-refractivity contribution is -0.0117. The van der Waals surface area contributed by atoms with E-state index in [2.05, 4.69) is 24.8 Å². The van der Waals surface area contributed by atoms with Gasteiger partial charge in [0.1, 0.15) is 16.1 Å². The first-order chi connectivity index (χ1) is 17.7. The van der Waals surface area contributed by atoms with Crippen molar-refractivity contribution < 1.29 is 26.3 Å². The molecule has 196 valence electrons. The van der Waals surface area contributed by atoms with E-state index in [0.717, 1.165) is 12.7 Å². The maximum absolute atomic E-state index is 16.2. The number of nitrogens with one attached hydrogen (secondary N) is 1. The number of piperazine rings is 1. The Kier molecular flexibility index (Phi) is 5.88. The number of nitrogens with zero attached hydrogens (tertiary/aromatic N) is 7. The van der Waals surface area contributed by atoms with E-state index in [1.807, 2.05) is 6.07 Å². The molecule has 0 unspecified atom stereocenters. The topological polar surface area (TPSA) is 129 Å². The Hall–Kier alpha value is -2.84. The summed E-state index contributed by atoms with van der Waals surface area (Å²) >= 11 is 0.617. The maximum atomic E-state index is 16.2. The number of pyridine rings is 1. The predicted octanol–water partition coefficient (Wildman–Crippen LogP) is 1.78. The molecule has 3 aromatic rings. The number of aromatic nitrogens is 4. The van der Waals surface area contributed by atoms with E-state index in [9.17, 15) is 22.5 Å². The number of alkyl halides is 2. The summed E-state index contributed by atoms with van der Waals surface area (Å²) in [5, 5.41) is 16.2. The molecule has 1 N–H and O–H groups in total. The highest BCUT2D eigenvalue weighted by atomic mass is 32.2. The SMILES string of the molecule is N#CC1(NS(=O)(=O)c2cn3c(-c4nnc(C(F)F)s4)ncc3c(N3CCN4CCOC[C@H]4C3)c2F)CC1. The smallest absolute Gasteiger partial charge is 0.291 e. The Balaban J connectivity index is 1.50. The molecule has 5 heterocycles. The highest BCUT2D eigenvalue weighted by Crippen LogP contribution is 2.39. The molecule has 0 spiro atoms. The van der Waals surface area contributed by atoms with Gasteiger partial charge in [-0.1, -0.05) is 11.3 Å². The molecule has 37 heavy (non-hydrogen) atoms. The molecular formula is C21H21F3N8O3S2. The average Bonchev–Trinajstić information content (AvgIpc) is 3.26. The molecule has 1 aliphatic carbocycles. The predicted molar refractivity (Wildman–Crippen MR) is 125 cm³/mol. The fraction of sp³-hybridized carbons (Fsp3) is 0.524. The van der Waals surface area contributed by atoms with Gasteiger partial charge in [0.2, 0.25) is 10.0 Å². The second-order valence-corrected chi connectivity index (χ2v) is 11.9. The van der Waals surface area contributed by atoms with Crippen LogP contribution in [0, 0.1) is 17.1 Å². The molecule has 0 aromatic carbocycles. The van der Waals surface area contributed by atoms with Crippen LogP contribution in [0.2, 0.25) is 0 Å². The molecule has 0 bridgehead atoms. The van der Waals surface area contributed by atoms with Crippen LogP contribution >= 0.6 is 11.3 Å². The van der Waals surface area contributed by atoms with Crippen LogP contribution < -0.4 is 9.62 Å². The van der Waals surface area contributed by atoms with Gasteiger partial charge in [-0.05, 0) is 12.8 Å². The lowest BCUT2D eigenvalue weighted by Gasteiger charge is -2.44. The van der Waals surface area contributed by atoms with Gasteiger partial charge in [-0.2, -0.15) is 9.98 Å². The molecule has 3 fully saturated rings. The Morgan fingerprint density at radius 3 is 2.78 bits per heavy atom. The monoisotopic (exact) mass is 554 g/mol. The lowest BCUT2D eigenvalue weighted by Crippen LogP contribution is -2.58. The van der Waals surface area contributed by atoms with Gasteiger partial charge >= 0.3 is 0 Å². The summed E-state index contributed by atoms with van der Waals surface area (Å²) in [5.74, 6) is -0.922. The van der Waals surface area contributed by atoms with Crippen LogP contribution in [0.15, 0.2) is 17.3 Å². The Morgan fingerprint density at radius 1 is 1.27 bits per heavy atom. The third-order valence-corrected chi connectivity index (χ3v) is 9.32. The number of morpholine rings is 1. The third-order valence-electron chi connectivity index (χ3n) is 6.87. The van der Waals surface area contributed by atoms with Crippen LogP contribution in [-0.4, -0.2) is 83.9 Å². The van der Waals surface area contributed by atoms with Crippen molar-refractivity contribution in [2.75, 3.05) is 44.3 Å². The highest BCUT2D eigenvalue weighted by Gasteiger charge is 2.47. The van der Waals surface area contributed by atoms with Gasteiger partial charge in [0.25, 0.3) is 6.43 Å². The number of anilines is 1. The normalized spacial score (nSPS) is 21.8. The molecular weight excluding hydrogens is 533 g/mol. The van der Waals surface area contributed by atoms with E-state index in [0.29, 0.717) is 57.0 Å². The van der Waals surface area contributed by atoms with Crippen molar-refractivity contribution in [2.24, 2.45) is 0 Å². The summed E-state index contributed by atoms with van der Waals surface area (Å²) < 4.78 is 78.4. The van der Waals surface area contributed by atoms with Gasteiger partial charge in [-0.25, -0.2) is 26.6 Å². The number of ether oxygens (including phenoxy) is 1. The van der Waals surface area contributed by atoms with Gasteiger partial charge < -0.3 is 9.64 Å². The molecule has 16 heteroatoms. The lowest BCUT2D eigenvalue weighted by atomic mass is 10.1. The van der Waals surface area contributed by atoms with Crippen molar-refractivity contribution in [3.05, 3.63) is 23.2 Å². The number of halogens is 3. The van der Waals surface area contributed by atoms with Gasteiger partial charge in [-0.3, -0.25) is 9.30 Å². The van der Waals surface area contributed by atoms with E-state index in [4.69, 9.17) is 4.74 Å². The molecule has 0 radical (unpaired) electrons. The number of fused-ring (bicyclic) bond motifs is 2. The van der Waals surface area contributed by atoms with Gasteiger partial charge in [0.05, 0.1) is 37.0 Å². The van der Waals surface area contributed by atoms with Crippen molar-refractivity contribution >= 4 is 32.6 Å². The summed E-state index contributed by atoms with van der Waals surface area (Å²) in [6.07, 6.45) is 0.222. The molecule has 3 aromatic heterocycles. The zero-order valence-corrected chi connectivity index (χ0v) is 20.9. The number of sulfonamides is 1.